The van der Waals surface area contributed by atoms with Gasteiger partial charge in [-0.25, -0.2) is 14.4 Å². The number of nitrogens with one attached hydrogen (secondary N) is 5. The Morgan fingerprint density at radius 3 is 2.18 bits per heavy atom. The summed E-state index contributed by atoms with van der Waals surface area (Å²) >= 11 is 0. The number of guanidine groups is 1. The van der Waals surface area contributed by atoms with E-state index in [9.17, 15) is 19.2 Å². The Hall–Kier alpha value is -4.33. The highest BCUT2D eigenvalue weighted by Crippen LogP contribution is 2.29. The molecule has 4 fully saturated rings. The molecule has 3 heterocycles. The summed E-state index contributed by atoms with van der Waals surface area (Å²) in [5.74, 6) is 0.400. The number of nitrogens with two attached hydrogens (primary N) is 1. The third-order valence-corrected chi connectivity index (χ3v) is 10.4. The normalized spacial score (nSPS) is 19.6. The van der Waals surface area contributed by atoms with E-state index in [1.807, 2.05) is 12.1 Å². The number of urea groups is 1. The lowest BCUT2D eigenvalue weighted by molar-refractivity contribution is -0.126. The molecular formula is C36H55N9O5. The number of anilines is 1. The van der Waals surface area contributed by atoms with E-state index >= 15 is 0 Å². The number of benzene rings is 1. The fourth-order valence-corrected chi connectivity index (χ4v) is 7.38. The Morgan fingerprint density at radius 1 is 0.840 bits per heavy atom. The zero-order valence-corrected chi connectivity index (χ0v) is 29.3. The van der Waals surface area contributed by atoms with Gasteiger partial charge in [0.1, 0.15) is 0 Å². The number of hydrogen-bond acceptors (Lipinski definition) is 7. The van der Waals surface area contributed by atoms with Crippen LogP contribution in [0.2, 0.25) is 0 Å². The topological polar surface area (TPSA) is 185 Å². The Morgan fingerprint density at radius 2 is 1.50 bits per heavy atom. The van der Waals surface area contributed by atoms with Gasteiger partial charge in [-0.3, -0.25) is 15.1 Å². The van der Waals surface area contributed by atoms with E-state index in [1.165, 1.54) is 21.8 Å². The van der Waals surface area contributed by atoms with Gasteiger partial charge in [0.15, 0.2) is 5.96 Å². The summed E-state index contributed by atoms with van der Waals surface area (Å²) in [6.45, 7) is 4.52. The van der Waals surface area contributed by atoms with E-state index in [-0.39, 0.29) is 43.5 Å². The highest BCUT2D eigenvalue weighted by molar-refractivity contribution is 5.89. The second-order valence-corrected chi connectivity index (χ2v) is 14.0. The summed E-state index contributed by atoms with van der Waals surface area (Å²) < 4.78 is 5.37. The van der Waals surface area contributed by atoms with Crippen molar-refractivity contribution in [2.45, 2.75) is 83.6 Å². The van der Waals surface area contributed by atoms with Gasteiger partial charge in [-0.15, -0.1) is 0 Å². The highest BCUT2D eigenvalue weighted by Gasteiger charge is 2.34. The fraction of sp³-hybridized carbons (Fsp3) is 0.639. The Labute approximate surface area is 295 Å². The number of piperidine rings is 2. The van der Waals surface area contributed by atoms with E-state index < -0.39 is 12.2 Å². The summed E-state index contributed by atoms with van der Waals surface area (Å²) in [7, 11) is 0. The van der Waals surface area contributed by atoms with Crippen molar-refractivity contribution < 1.29 is 23.9 Å². The van der Waals surface area contributed by atoms with Gasteiger partial charge in [-0.2, -0.15) is 0 Å². The second-order valence-electron chi connectivity index (χ2n) is 14.0. The standard InChI is InChI=1S/C36H55N9O5/c37-33(38)42-30-10-8-27(9-11-30)24-41-34(47)45-23-22-44(25-31(45)28-6-4-2-1-3-5-7-28)36(49)50-35(48)43-20-15-29(16-21-43)32(46)40-19-14-26-12-17-39-18-13-26/h8-11,26,29,39H,1-7,12-25H2,(H,40,46)(H,41,47)(H4,37,38,42). The first kappa shape index (κ1) is 36.9. The Balaban J connectivity index is 1.12. The summed E-state index contributed by atoms with van der Waals surface area (Å²) in [6.07, 6.45) is 10.2. The number of carbonyl (C=O) groups is 4. The van der Waals surface area contributed by atoms with Crippen LogP contribution in [0.4, 0.5) is 20.1 Å². The Kier molecular flexibility index (Phi) is 13.7. The molecule has 50 heavy (non-hydrogen) atoms. The first-order valence-corrected chi connectivity index (χ1v) is 18.5. The van der Waals surface area contributed by atoms with Crippen molar-refractivity contribution in [3.63, 3.8) is 0 Å². The molecule has 274 valence electrons. The van der Waals surface area contributed by atoms with Crippen molar-refractivity contribution in [3.05, 3.63) is 41.1 Å². The molecule has 0 aromatic heterocycles. The molecule has 0 atom stereocenters. The van der Waals surface area contributed by atoms with Crippen LogP contribution in [0.5, 0.6) is 0 Å². The van der Waals surface area contributed by atoms with Gasteiger partial charge in [-0.05, 0) is 100 Å². The molecule has 1 aliphatic carbocycles. The lowest BCUT2D eigenvalue weighted by Gasteiger charge is -2.38. The molecule has 4 aliphatic rings. The molecule has 0 spiro atoms. The van der Waals surface area contributed by atoms with Crippen LogP contribution in [-0.2, 0) is 16.1 Å². The molecule has 1 saturated carbocycles. The number of carbonyl (C=O) groups excluding carboxylic acids is 4. The monoisotopic (exact) mass is 693 g/mol. The van der Waals surface area contributed by atoms with Crippen LogP contribution in [0.1, 0.15) is 82.6 Å². The van der Waals surface area contributed by atoms with Crippen molar-refractivity contribution in [1.82, 2.24) is 30.7 Å². The molecule has 5 rings (SSSR count). The van der Waals surface area contributed by atoms with Crippen molar-refractivity contribution >= 4 is 35.8 Å². The van der Waals surface area contributed by atoms with Crippen molar-refractivity contribution in [2.75, 3.05) is 57.7 Å². The lowest BCUT2D eigenvalue weighted by atomic mass is 9.93. The number of ether oxygens (including phenoxy) is 1. The van der Waals surface area contributed by atoms with Crippen LogP contribution in [0.25, 0.3) is 0 Å². The van der Waals surface area contributed by atoms with E-state index in [4.69, 9.17) is 15.9 Å². The predicted octanol–water partition coefficient (Wildman–Crippen LogP) is 4.29. The van der Waals surface area contributed by atoms with E-state index in [0.29, 0.717) is 50.6 Å². The molecule has 1 aromatic rings. The smallest absolute Gasteiger partial charge is 0.370 e. The molecule has 0 radical (unpaired) electrons. The number of nitrogens with zero attached hydrogens (tertiary/aromatic N) is 3. The van der Waals surface area contributed by atoms with Crippen LogP contribution in [0.15, 0.2) is 35.5 Å². The first-order chi connectivity index (χ1) is 24.3. The zero-order chi connectivity index (χ0) is 35.3. The molecule has 14 nitrogen and oxygen atoms in total. The molecule has 7 N–H and O–H groups in total. The van der Waals surface area contributed by atoms with Crippen LogP contribution < -0.4 is 27.0 Å². The van der Waals surface area contributed by atoms with Crippen molar-refractivity contribution in [1.29, 1.82) is 5.41 Å². The molecule has 5 amide bonds. The van der Waals surface area contributed by atoms with Crippen LogP contribution in [0.3, 0.4) is 0 Å². The second kappa shape index (κ2) is 18.6. The Bertz CT molecular complexity index is 1360. The third-order valence-electron chi connectivity index (χ3n) is 10.4. The molecule has 3 aliphatic heterocycles. The fourth-order valence-electron chi connectivity index (χ4n) is 7.38. The number of hydrogen-bond donors (Lipinski definition) is 6. The molecular weight excluding hydrogens is 638 g/mol. The zero-order valence-electron chi connectivity index (χ0n) is 29.3. The van der Waals surface area contributed by atoms with Gasteiger partial charge in [0, 0.05) is 56.6 Å². The maximum Gasteiger partial charge on any atom is 0.419 e. The maximum atomic E-state index is 13.6. The van der Waals surface area contributed by atoms with Crippen LogP contribution in [0, 0.1) is 17.2 Å². The van der Waals surface area contributed by atoms with Gasteiger partial charge < -0.3 is 41.5 Å². The highest BCUT2D eigenvalue weighted by atomic mass is 16.6. The first-order valence-electron chi connectivity index (χ1n) is 18.5. The summed E-state index contributed by atoms with van der Waals surface area (Å²) in [4.78, 5) is 57.5. The SMILES string of the molecule is N=C(N)Nc1ccc(CNC(=O)N2CCN(C(=O)OC(=O)N3CCC(C(=O)NCCC4CCNCC4)CC3)CC2=C2CCCCCCC2)cc1. The molecule has 1 aromatic carbocycles. The van der Waals surface area contributed by atoms with Gasteiger partial charge in [-0.1, -0.05) is 31.4 Å². The predicted molar refractivity (Wildman–Crippen MR) is 191 cm³/mol. The van der Waals surface area contributed by atoms with Crippen molar-refractivity contribution in [2.24, 2.45) is 17.6 Å². The average molecular weight is 694 g/mol. The maximum absolute atomic E-state index is 13.6. The molecule has 0 bridgehead atoms. The summed E-state index contributed by atoms with van der Waals surface area (Å²) in [5.41, 5.74) is 8.98. The van der Waals surface area contributed by atoms with Crippen LogP contribution >= 0.6 is 0 Å². The number of likely N-dealkylation sites (tertiary alicyclic amines) is 1. The number of allylic oxidation sites excluding steroid dienone is 1. The molecule has 0 unspecified atom stereocenters. The van der Waals surface area contributed by atoms with Gasteiger partial charge >= 0.3 is 18.2 Å². The van der Waals surface area contributed by atoms with Crippen molar-refractivity contribution in [3.8, 4) is 0 Å². The van der Waals surface area contributed by atoms with Gasteiger partial charge in [0.25, 0.3) is 0 Å². The number of piperazine rings is 1. The minimum absolute atomic E-state index is 0.0413. The lowest BCUT2D eigenvalue weighted by Crippen LogP contribution is -2.53. The average Bonchev–Trinajstić information content (AvgIpc) is 3.11. The van der Waals surface area contributed by atoms with Crippen LogP contribution in [-0.4, -0.2) is 97.1 Å². The third kappa shape index (κ3) is 10.8. The summed E-state index contributed by atoms with van der Waals surface area (Å²) in [6, 6.07) is 7.08. The summed E-state index contributed by atoms with van der Waals surface area (Å²) in [5, 5.41) is 19.6. The number of rotatable bonds is 7. The van der Waals surface area contributed by atoms with Gasteiger partial charge in [0.05, 0.1) is 6.54 Å². The molecule has 3 saturated heterocycles. The van der Waals surface area contributed by atoms with Gasteiger partial charge in [0.2, 0.25) is 5.91 Å². The quantitative estimate of drug-likeness (QED) is 0.139. The molecule has 14 heteroatoms. The minimum atomic E-state index is -0.712. The minimum Gasteiger partial charge on any atom is -0.370 e. The van der Waals surface area contributed by atoms with E-state index in [1.54, 1.807) is 17.0 Å². The number of amides is 5. The van der Waals surface area contributed by atoms with E-state index in [0.717, 1.165) is 82.1 Å². The van der Waals surface area contributed by atoms with E-state index in [2.05, 4.69) is 21.3 Å². The largest absolute Gasteiger partial charge is 0.419 e.